The maximum absolute atomic E-state index is 13.5. The molecule has 0 fully saturated rings. The Hall–Kier alpha value is -2.30. The number of rotatable bonds is 15. The number of hydrogen-bond acceptors (Lipinski definition) is 3. The number of fused-ring (bicyclic) bond motifs is 1. The average Bonchev–Trinajstić information content (AvgIpc) is 3.14. The van der Waals surface area contributed by atoms with Gasteiger partial charge >= 0.3 is 0 Å². The first kappa shape index (κ1) is 26.3. The molecule has 2 aromatic heterocycles. The second kappa shape index (κ2) is 13.6. The molecule has 0 spiro atoms. The summed E-state index contributed by atoms with van der Waals surface area (Å²) in [5.41, 5.74) is 3.12. The zero-order chi connectivity index (χ0) is 24.3. The van der Waals surface area contributed by atoms with Crippen LogP contribution >= 0.6 is 11.6 Å². The summed E-state index contributed by atoms with van der Waals surface area (Å²) >= 11 is 6.65. The Balaban J connectivity index is 1.63. The number of hydrogen-bond donors (Lipinski definition) is 0. The van der Waals surface area contributed by atoms with Crippen molar-refractivity contribution >= 4 is 22.9 Å². The van der Waals surface area contributed by atoms with Gasteiger partial charge in [-0.2, -0.15) is 0 Å². The highest BCUT2D eigenvalue weighted by molar-refractivity contribution is 6.35. The molecular weight excluding hydrogens is 444 g/mol. The minimum Gasteiger partial charge on any atom is -0.494 e. The molecule has 2 heterocycles. The summed E-state index contributed by atoms with van der Waals surface area (Å²) in [6.07, 6.45) is 9.59. The van der Waals surface area contributed by atoms with E-state index < -0.39 is 0 Å². The van der Waals surface area contributed by atoms with Gasteiger partial charge in [0.2, 0.25) is 5.78 Å². The van der Waals surface area contributed by atoms with E-state index in [1.807, 2.05) is 53.1 Å². The van der Waals surface area contributed by atoms with E-state index in [1.54, 1.807) is 0 Å². The Morgan fingerprint density at radius 2 is 1.59 bits per heavy atom. The normalized spacial score (nSPS) is 11.4. The van der Waals surface area contributed by atoms with E-state index in [9.17, 15) is 4.79 Å². The topological polar surface area (TPSA) is 34.0 Å². The van der Waals surface area contributed by atoms with Gasteiger partial charge < -0.3 is 14.0 Å². The van der Waals surface area contributed by atoms with Crippen LogP contribution in [0.5, 0.6) is 5.75 Å². The van der Waals surface area contributed by atoms with Crippen molar-refractivity contribution in [1.82, 2.24) is 9.30 Å². The lowest BCUT2D eigenvalue weighted by molar-refractivity contribution is 0.103. The number of ether oxygens (including phenoxy) is 1. The number of carbonyl (C=O) groups is 1. The van der Waals surface area contributed by atoms with Gasteiger partial charge in [0.05, 0.1) is 22.8 Å². The Morgan fingerprint density at radius 3 is 2.24 bits per heavy atom. The van der Waals surface area contributed by atoms with Crippen molar-refractivity contribution in [2.45, 2.75) is 65.7 Å². The van der Waals surface area contributed by atoms with Crippen molar-refractivity contribution < 1.29 is 9.53 Å². The highest BCUT2D eigenvalue weighted by atomic mass is 35.5. The molecule has 0 saturated carbocycles. The summed E-state index contributed by atoms with van der Waals surface area (Å²) < 4.78 is 7.90. The van der Waals surface area contributed by atoms with E-state index in [0.29, 0.717) is 22.9 Å². The van der Waals surface area contributed by atoms with Crippen molar-refractivity contribution in [2.75, 3.05) is 26.2 Å². The van der Waals surface area contributed by atoms with Crippen LogP contribution in [0.15, 0.2) is 48.7 Å². The van der Waals surface area contributed by atoms with Gasteiger partial charge in [-0.3, -0.25) is 4.79 Å². The Morgan fingerprint density at radius 1 is 0.912 bits per heavy atom. The molecule has 0 aliphatic carbocycles. The number of carbonyl (C=O) groups excluding carboxylic acids is 1. The van der Waals surface area contributed by atoms with Crippen LogP contribution in [-0.4, -0.2) is 41.3 Å². The third kappa shape index (κ3) is 6.64. The maximum Gasteiger partial charge on any atom is 0.210 e. The summed E-state index contributed by atoms with van der Waals surface area (Å²) in [5, 5.41) is 0.678. The van der Waals surface area contributed by atoms with Gasteiger partial charge in [0.25, 0.3) is 0 Å². The van der Waals surface area contributed by atoms with Crippen LogP contribution in [0.25, 0.3) is 5.52 Å². The summed E-state index contributed by atoms with van der Waals surface area (Å²) in [6.45, 7) is 10.7. The molecule has 0 saturated heterocycles. The Bertz CT molecular complexity index is 1030. The molecule has 5 heteroatoms. The third-order valence-corrected chi connectivity index (χ3v) is 6.67. The molecule has 184 valence electrons. The molecule has 3 aromatic rings. The zero-order valence-corrected chi connectivity index (χ0v) is 21.7. The van der Waals surface area contributed by atoms with Crippen LogP contribution in [0.1, 0.15) is 80.9 Å². The minimum atomic E-state index is -0.00871. The molecule has 0 aliphatic heterocycles. The molecule has 3 rings (SSSR count). The predicted octanol–water partition coefficient (Wildman–Crippen LogP) is 7.45. The van der Waals surface area contributed by atoms with Crippen molar-refractivity contribution in [1.29, 1.82) is 0 Å². The molecule has 0 bridgehead atoms. The summed E-state index contributed by atoms with van der Waals surface area (Å²) in [6, 6.07) is 13.4. The predicted molar refractivity (Wildman–Crippen MR) is 143 cm³/mol. The fraction of sp³-hybridized carbons (Fsp3) is 0.483. The number of nitrogens with zero attached hydrogens (tertiary/aromatic N) is 2. The molecule has 0 radical (unpaired) electrons. The van der Waals surface area contributed by atoms with E-state index in [0.717, 1.165) is 42.6 Å². The second-order valence-electron chi connectivity index (χ2n) is 8.95. The molecule has 0 atom stereocenters. The summed E-state index contributed by atoms with van der Waals surface area (Å²) in [5.74, 6) is 0.794. The summed E-state index contributed by atoms with van der Waals surface area (Å²) in [4.78, 5) is 16.0. The maximum atomic E-state index is 13.5. The number of pyridine rings is 1. The molecule has 0 aliphatic rings. The van der Waals surface area contributed by atoms with E-state index in [1.165, 1.54) is 38.8 Å². The van der Waals surface area contributed by atoms with Crippen LogP contribution < -0.4 is 4.74 Å². The molecule has 0 N–H and O–H groups in total. The van der Waals surface area contributed by atoms with E-state index >= 15 is 0 Å². The van der Waals surface area contributed by atoms with Crippen LogP contribution in [0.3, 0.4) is 0 Å². The van der Waals surface area contributed by atoms with E-state index in [-0.39, 0.29) is 5.78 Å². The lowest BCUT2D eigenvalue weighted by atomic mass is 10.0. The number of benzene rings is 1. The highest BCUT2D eigenvalue weighted by Gasteiger charge is 2.22. The fourth-order valence-corrected chi connectivity index (χ4v) is 4.70. The van der Waals surface area contributed by atoms with Gasteiger partial charge in [-0.05, 0) is 75.2 Å². The van der Waals surface area contributed by atoms with Gasteiger partial charge in [0, 0.05) is 23.9 Å². The average molecular weight is 483 g/mol. The Kier molecular flexibility index (Phi) is 10.5. The van der Waals surface area contributed by atoms with Gasteiger partial charge in [0.1, 0.15) is 5.75 Å². The molecule has 0 unspecified atom stereocenters. The summed E-state index contributed by atoms with van der Waals surface area (Å²) in [7, 11) is 0. The van der Waals surface area contributed by atoms with Crippen LogP contribution in [0, 0.1) is 0 Å². The molecule has 4 nitrogen and oxygen atoms in total. The van der Waals surface area contributed by atoms with Crippen LogP contribution in [0.2, 0.25) is 5.02 Å². The largest absolute Gasteiger partial charge is 0.494 e. The molecular formula is C29H39ClN2O2. The fourth-order valence-electron chi connectivity index (χ4n) is 4.36. The first-order valence-electron chi connectivity index (χ1n) is 12.9. The number of halogens is 1. The number of aromatic nitrogens is 1. The van der Waals surface area contributed by atoms with Gasteiger partial charge in [-0.25, -0.2) is 0 Å². The lowest BCUT2D eigenvalue weighted by Crippen LogP contribution is -2.28. The standard InChI is InChI=1S/C29H39ClN2O2/c1-4-7-18-31(19-8-5-2)20-11-22-34-24-16-14-23(15-17-24)29(33)28-25(12-6-3)27(30)26-13-9-10-21-32(26)28/h9-10,13-17,21H,4-8,11-12,18-20,22H2,1-3H3. The monoisotopic (exact) mass is 482 g/mol. The molecule has 1 aromatic carbocycles. The number of unbranched alkanes of at least 4 members (excludes halogenated alkanes) is 2. The quantitative estimate of drug-likeness (QED) is 0.166. The highest BCUT2D eigenvalue weighted by Crippen LogP contribution is 2.31. The van der Waals surface area contributed by atoms with Crippen molar-refractivity contribution in [3.8, 4) is 5.75 Å². The van der Waals surface area contributed by atoms with Gasteiger partial charge in [0.15, 0.2) is 0 Å². The van der Waals surface area contributed by atoms with Crippen molar-refractivity contribution in [3.63, 3.8) is 0 Å². The first-order chi connectivity index (χ1) is 16.6. The third-order valence-electron chi connectivity index (χ3n) is 6.25. The van der Waals surface area contributed by atoms with Crippen molar-refractivity contribution in [2.24, 2.45) is 0 Å². The second-order valence-corrected chi connectivity index (χ2v) is 9.33. The lowest BCUT2D eigenvalue weighted by Gasteiger charge is -2.21. The van der Waals surface area contributed by atoms with Crippen LogP contribution in [0.4, 0.5) is 0 Å². The molecule has 34 heavy (non-hydrogen) atoms. The van der Waals surface area contributed by atoms with E-state index in [4.69, 9.17) is 16.3 Å². The smallest absolute Gasteiger partial charge is 0.210 e. The first-order valence-corrected chi connectivity index (χ1v) is 13.3. The zero-order valence-electron chi connectivity index (χ0n) is 21.0. The minimum absolute atomic E-state index is 0.00871. The van der Waals surface area contributed by atoms with Gasteiger partial charge in [-0.1, -0.05) is 57.7 Å². The molecule has 0 amide bonds. The SMILES string of the molecule is CCCCN(CCCC)CCCOc1ccc(C(=O)c2c(CCC)c(Cl)c3ccccn23)cc1. The Labute approximate surface area is 209 Å². The van der Waals surface area contributed by atoms with Crippen molar-refractivity contribution in [3.05, 3.63) is 70.5 Å². The number of ketones is 1. The van der Waals surface area contributed by atoms with Crippen LogP contribution in [-0.2, 0) is 6.42 Å². The van der Waals surface area contributed by atoms with E-state index in [2.05, 4.69) is 25.7 Å². The van der Waals surface area contributed by atoms with Gasteiger partial charge in [-0.15, -0.1) is 0 Å².